The molecule has 10 aromatic rings. The van der Waals surface area contributed by atoms with Crippen molar-refractivity contribution < 1.29 is 0 Å². The van der Waals surface area contributed by atoms with Gasteiger partial charge in [-0.15, -0.1) is 0 Å². The van der Waals surface area contributed by atoms with Crippen LogP contribution in [0.15, 0.2) is 170 Å². The Morgan fingerprint density at radius 2 is 1.10 bits per heavy atom. The van der Waals surface area contributed by atoms with Crippen LogP contribution in [0.25, 0.3) is 89.2 Å². The quantitative estimate of drug-likeness (QED) is 0.184. The molecule has 0 saturated heterocycles. The number of rotatable bonds is 5. The maximum absolute atomic E-state index is 9.62. The minimum Gasteiger partial charge on any atom is -0.309 e. The minimum absolute atomic E-state index is 0.507. The van der Waals surface area contributed by atoms with Crippen LogP contribution in [0.3, 0.4) is 0 Å². The van der Waals surface area contributed by atoms with Gasteiger partial charge in [-0.25, -0.2) is 15.0 Å². The van der Waals surface area contributed by atoms with E-state index in [2.05, 4.69) is 106 Å². The van der Waals surface area contributed by atoms with Gasteiger partial charge in [0.25, 0.3) is 0 Å². The zero-order chi connectivity index (χ0) is 34.6. The molecule has 0 amide bonds. The first-order valence-electron chi connectivity index (χ1n) is 17.2. The van der Waals surface area contributed by atoms with Gasteiger partial charge in [0.1, 0.15) is 11.5 Å². The molecule has 0 aliphatic rings. The van der Waals surface area contributed by atoms with Gasteiger partial charge in [-0.2, -0.15) is 5.26 Å². The number of para-hydroxylation sites is 3. The maximum Gasteiger partial charge on any atom is 0.179 e. The van der Waals surface area contributed by atoms with Crippen LogP contribution >= 0.6 is 0 Å². The number of nitrogens with zero attached hydrogens (tertiary/aromatic N) is 6. The van der Waals surface area contributed by atoms with Gasteiger partial charge in [0.15, 0.2) is 5.82 Å². The van der Waals surface area contributed by atoms with Crippen LogP contribution in [0.2, 0.25) is 0 Å². The molecule has 6 nitrogen and oxygen atoms in total. The van der Waals surface area contributed by atoms with Gasteiger partial charge >= 0.3 is 0 Å². The monoisotopic (exact) mass is 664 g/mol. The molecular weight excluding hydrogens is 637 g/mol. The predicted octanol–water partition coefficient (Wildman–Crippen LogP) is 10.9. The summed E-state index contributed by atoms with van der Waals surface area (Å²) in [6.07, 6.45) is 0. The standard InChI is InChI=1S/C46H28N6/c47-29-30-13-11-16-32(27-30)39-28-38(31-14-3-1-4-15-31)49-46(50-39)37-21-12-24-43(48-37)52-41-23-10-8-20-36(41)44-42(52)26-25-35-34-19-7-9-22-40(34)51(45(35)44)33-17-5-2-6-18-33/h1-28H. The van der Waals surface area contributed by atoms with Gasteiger partial charge in [-0.3, -0.25) is 4.57 Å². The molecule has 6 aromatic carbocycles. The molecule has 10 rings (SSSR count). The topological polar surface area (TPSA) is 72.3 Å². The third-order valence-electron chi connectivity index (χ3n) is 9.76. The lowest BCUT2D eigenvalue weighted by atomic mass is 10.1. The minimum atomic E-state index is 0.507. The summed E-state index contributed by atoms with van der Waals surface area (Å²) in [5.41, 5.74) is 10.1. The average molecular weight is 665 g/mol. The molecule has 0 bridgehead atoms. The zero-order valence-electron chi connectivity index (χ0n) is 27.8. The summed E-state index contributed by atoms with van der Waals surface area (Å²) < 4.78 is 4.64. The zero-order valence-corrected chi connectivity index (χ0v) is 27.8. The van der Waals surface area contributed by atoms with Crippen molar-refractivity contribution in [2.24, 2.45) is 0 Å². The summed E-state index contributed by atoms with van der Waals surface area (Å²) in [7, 11) is 0. The van der Waals surface area contributed by atoms with Crippen LogP contribution in [-0.2, 0) is 0 Å². The van der Waals surface area contributed by atoms with Crippen LogP contribution < -0.4 is 0 Å². The van der Waals surface area contributed by atoms with Crippen molar-refractivity contribution in [1.82, 2.24) is 24.1 Å². The first kappa shape index (κ1) is 29.5. The molecule has 0 fully saturated rings. The Labute approximate surface area is 299 Å². The highest BCUT2D eigenvalue weighted by atomic mass is 15.1. The lowest BCUT2D eigenvalue weighted by molar-refractivity contribution is 1.06. The first-order valence-corrected chi connectivity index (χ1v) is 17.2. The Balaban J connectivity index is 1.22. The summed E-state index contributed by atoms with van der Waals surface area (Å²) >= 11 is 0. The van der Waals surface area contributed by atoms with Crippen LogP contribution in [0.5, 0.6) is 0 Å². The lowest BCUT2D eigenvalue weighted by Gasteiger charge is -2.12. The van der Waals surface area contributed by atoms with E-state index in [9.17, 15) is 5.26 Å². The molecule has 0 unspecified atom stereocenters. The summed E-state index contributed by atoms with van der Waals surface area (Å²) in [5, 5.41) is 14.4. The van der Waals surface area contributed by atoms with Gasteiger partial charge in [0.05, 0.1) is 45.1 Å². The second-order valence-electron chi connectivity index (χ2n) is 12.8. The van der Waals surface area contributed by atoms with Gasteiger partial charge in [-0.1, -0.05) is 109 Å². The number of benzene rings is 6. The molecule has 0 atom stereocenters. The normalized spacial score (nSPS) is 11.4. The van der Waals surface area contributed by atoms with Crippen molar-refractivity contribution in [3.05, 3.63) is 175 Å². The molecule has 0 N–H and O–H groups in total. The number of nitriles is 1. The van der Waals surface area contributed by atoms with Crippen LogP contribution in [0, 0.1) is 11.3 Å². The fourth-order valence-corrected chi connectivity index (χ4v) is 7.49. The van der Waals surface area contributed by atoms with Crippen molar-refractivity contribution in [1.29, 1.82) is 5.26 Å². The third-order valence-corrected chi connectivity index (χ3v) is 9.76. The van der Waals surface area contributed by atoms with Crippen molar-refractivity contribution >= 4 is 43.6 Å². The highest BCUT2D eigenvalue weighted by Crippen LogP contribution is 2.42. The van der Waals surface area contributed by atoms with Crippen molar-refractivity contribution in [2.75, 3.05) is 0 Å². The second kappa shape index (κ2) is 11.9. The smallest absolute Gasteiger partial charge is 0.179 e. The lowest BCUT2D eigenvalue weighted by Crippen LogP contribution is -2.01. The fourth-order valence-electron chi connectivity index (χ4n) is 7.49. The van der Waals surface area contributed by atoms with E-state index in [1.54, 1.807) is 6.07 Å². The Bertz CT molecular complexity index is 3020. The molecule has 0 saturated carbocycles. The van der Waals surface area contributed by atoms with Gasteiger partial charge in [0.2, 0.25) is 0 Å². The Morgan fingerprint density at radius 3 is 1.88 bits per heavy atom. The van der Waals surface area contributed by atoms with Crippen LogP contribution in [0.4, 0.5) is 0 Å². The highest BCUT2D eigenvalue weighted by molar-refractivity contribution is 6.26. The SMILES string of the molecule is N#Cc1cccc(-c2cc(-c3ccccc3)nc(-c3cccc(-n4c5ccccc5c5c4ccc4c6ccccc6n(-c6ccccc6)c45)n3)n2)c1. The van der Waals surface area contributed by atoms with E-state index in [1.807, 2.05) is 72.8 Å². The van der Waals surface area contributed by atoms with Crippen molar-refractivity contribution in [3.63, 3.8) is 0 Å². The fraction of sp³-hybridized carbons (Fsp3) is 0. The number of hydrogen-bond acceptors (Lipinski definition) is 4. The molecule has 242 valence electrons. The number of aromatic nitrogens is 5. The molecule has 52 heavy (non-hydrogen) atoms. The van der Waals surface area contributed by atoms with Crippen molar-refractivity contribution in [2.45, 2.75) is 0 Å². The van der Waals surface area contributed by atoms with Gasteiger partial charge in [0, 0.05) is 38.4 Å². The van der Waals surface area contributed by atoms with E-state index < -0.39 is 0 Å². The van der Waals surface area contributed by atoms with Crippen LogP contribution in [0.1, 0.15) is 5.56 Å². The Hall–Kier alpha value is -7.36. The summed E-state index contributed by atoms with van der Waals surface area (Å²) in [6.45, 7) is 0. The molecular formula is C46H28N6. The van der Waals surface area contributed by atoms with E-state index in [1.165, 1.54) is 27.2 Å². The number of hydrogen-bond donors (Lipinski definition) is 0. The largest absolute Gasteiger partial charge is 0.309 e. The predicted molar refractivity (Wildman–Crippen MR) is 210 cm³/mol. The molecule has 6 heteroatoms. The first-order chi connectivity index (χ1) is 25.7. The Morgan fingerprint density at radius 1 is 0.442 bits per heavy atom. The van der Waals surface area contributed by atoms with E-state index in [0.29, 0.717) is 17.1 Å². The molecule has 4 heterocycles. The number of pyridine rings is 1. The third kappa shape index (κ3) is 4.68. The highest BCUT2D eigenvalue weighted by Gasteiger charge is 2.21. The molecule has 0 aliphatic heterocycles. The molecule has 4 aromatic heterocycles. The summed E-state index contributed by atoms with van der Waals surface area (Å²) in [5.74, 6) is 1.28. The molecule has 0 spiro atoms. The number of fused-ring (bicyclic) bond motifs is 7. The molecule has 0 aliphatic carbocycles. The summed E-state index contributed by atoms with van der Waals surface area (Å²) in [4.78, 5) is 15.4. The van der Waals surface area contributed by atoms with E-state index >= 15 is 0 Å². The molecule has 0 radical (unpaired) electrons. The van der Waals surface area contributed by atoms with Crippen molar-refractivity contribution in [3.8, 4) is 51.6 Å². The van der Waals surface area contributed by atoms with E-state index in [4.69, 9.17) is 15.0 Å². The van der Waals surface area contributed by atoms with E-state index in [0.717, 1.165) is 50.4 Å². The van der Waals surface area contributed by atoms with Gasteiger partial charge in [-0.05, 0) is 60.7 Å². The van der Waals surface area contributed by atoms with Crippen LogP contribution in [-0.4, -0.2) is 24.1 Å². The van der Waals surface area contributed by atoms with Gasteiger partial charge < -0.3 is 4.57 Å². The second-order valence-corrected chi connectivity index (χ2v) is 12.8. The van der Waals surface area contributed by atoms with E-state index in [-0.39, 0.29) is 0 Å². The summed E-state index contributed by atoms with van der Waals surface area (Å²) in [6, 6.07) is 60.1. The average Bonchev–Trinajstić information content (AvgIpc) is 3.74. The maximum atomic E-state index is 9.62. The Kier molecular flexibility index (Phi) is 6.76.